The molecule has 0 radical (unpaired) electrons. The van der Waals surface area contributed by atoms with E-state index in [4.69, 9.17) is 5.73 Å². The lowest BCUT2D eigenvalue weighted by atomic mass is 9.78. The molecule has 1 nitrogen and oxygen atoms in total. The van der Waals surface area contributed by atoms with Gasteiger partial charge in [0.05, 0.1) is 0 Å². The third-order valence-corrected chi connectivity index (χ3v) is 4.79. The van der Waals surface area contributed by atoms with Crippen molar-refractivity contribution in [1.82, 2.24) is 0 Å². The minimum Gasteiger partial charge on any atom is -0.327 e. The zero-order valence-electron chi connectivity index (χ0n) is 11.5. The molecule has 0 bridgehead atoms. The minimum absolute atomic E-state index is 0.801. The van der Waals surface area contributed by atoms with Crippen molar-refractivity contribution in [3.63, 3.8) is 0 Å². The summed E-state index contributed by atoms with van der Waals surface area (Å²) in [6.07, 6.45) is 15.3. The van der Waals surface area contributed by atoms with Crippen LogP contribution in [0.5, 0.6) is 0 Å². The van der Waals surface area contributed by atoms with Crippen molar-refractivity contribution in [3.8, 4) is 0 Å². The average molecular weight is 235 g/mol. The van der Waals surface area contributed by atoms with Gasteiger partial charge in [-0.1, -0.05) is 50.7 Å². The van der Waals surface area contributed by atoms with Crippen LogP contribution in [0, 0.1) is 17.8 Å². The summed E-state index contributed by atoms with van der Waals surface area (Å²) in [6.45, 7) is 3.21. The van der Waals surface area contributed by atoms with Gasteiger partial charge in [0.1, 0.15) is 0 Å². The van der Waals surface area contributed by atoms with Crippen LogP contribution in [0.1, 0.15) is 64.7 Å². The summed E-state index contributed by atoms with van der Waals surface area (Å²) in [6, 6.07) is 0. The fourth-order valence-corrected chi connectivity index (χ4v) is 3.78. The van der Waals surface area contributed by atoms with Crippen molar-refractivity contribution in [2.75, 3.05) is 6.54 Å². The summed E-state index contributed by atoms with van der Waals surface area (Å²) in [5.41, 5.74) is 7.57. The van der Waals surface area contributed by atoms with Crippen LogP contribution in [0.15, 0.2) is 11.6 Å². The Labute approximate surface area is 107 Å². The van der Waals surface area contributed by atoms with E-state index in [0.717, 1.165) is 24.3 Å². The normalized spacial score (nSPS) is 32.7. The molecule has 0 aliphatic heterocycles. The molecule has 0 spiro atoms. The molecule has 17 heavy (non-hydrogen) atoms. The molecule has 2 saturated carbocycles. The summed E-state index contributed by atoms with van der Waals surface area (Å²) < 4.78 is 0. The number of nitrogens with two attached hydrogens (primary N) is 1. The highest BCUT2D eigenvalue weighted by atomic mass is 14.5. The van der Waals surface area contributed by atoms with Crippen LogP contribution in [0.4, 0.5) is 0 Å². The van der Waals surface area contributed by atoms with E-state index < -0.39 is 0 Å². The zero-order valence-corrected chi connectivity index (χ0v) is 11.5. The van der Waals surface area contributed by atoms with E-state index in [-0.39, 0.29) is 0 Å². The first kappa shape index (κ1) is 13.1. The molecule has 1 heteroatoms. The molecule has 2 rings (SSSR count). The standard InChI is InChI=1S/C16H29N/c1-13-6-5-7-14(10-13)11-16(12-17)15-8-3-2-4-9-15/h11,13-15H,2-10,12,17H2,1H3. The van der Waals surface area contributed by atoms with Crippen molar-refractivity contribution in [3.05, 3.63) is 11.6 Å². The first-order chi connectivity index (χ1) is 8.29. The maximum Gasteiger partial charge on any atom is 0.0139 e. The molecule has 98 valence electrons. The average Bonchev–Trinajstić information content (AvgIpc) is 2.37. The van der Waals surface area contributed by atoms with Crippen LogP contribution in [-0.4, -0.2) is 6.54 Å². The Morgan fingerprint density at radius 1 is 1.06 bits per heavy atom. The molecule has 0 amide bonds. The lowest BCUT2D eigenvalue weighted by Gasteiger charge is -2.28. The third-order valence-electron chi connectivity index (χ3n) is 4.79. The second kappa shape index (κ2) is 6.58. The van der Waals surface area contributed by atoms with E-state index in [9.17, 15) is 0 Å². The van der Waals surface area contributed by atoms with Crippen molar-refractivity contribution in [2.45, 2.75) is 64.7 Å². The smallest absolute Gasteiger partial charge is 0.0139 e. The van der Waals surface area contributed by atoms with Gasteiger partial charge in [-0.15, -0.1) is 0 Å². The summed E-state index contributed by atoms with van der Waals surface area (Å²) in [5.74, 6) is 2.58. The van der Waals surface area contributed by atoms with Gasteiger partial charge < -0.3 is 5.73 Å². The monoisotopic (exact) mass is 235 g/mol. The molecule has 2 unspecified atom stereocenters. The van der Waals surface area contributed by atoms with Gasteiger partial charge in [0.15, 0.2) is 0 Å². The van der Waals surface area contributed by atoms with Gasteiger partial charge in [0.25, 0.3) is 0 Å². The number of hydrogen-bond donors (Lipinski definition) is 1. The Kier molecular flexibility index (Phi) is 5.09. The van der Waals surface area contributed by atoms with Crippen molar-refractivity contribution in [2.24, 2.45) is 23.5 Å². The fraction of sp³-hybridized carbons (Fsp3) is 0.875. The Bertz CT molecular complexity index is 250. The Morgan fingerprint density at radius 2 is 1.82 bits per heavy atom. The quantitative estimate of drug-likeness (QED) is 0.726. The van der Waals surface area contributed by atoms with Gasteiger partial charge in [-0.05, 0) is 43.4 Å². The molecule has 2 fully saturated rings. The predicted molar refractivity (Wildman–Crippen MR) is 74.8 cm³/mol. The van der Waals surface area contributed by atoms with E-state index in [1.54, 1.807) is 5.57 Å². The third kappa shape index (κ3) is 3.84. The van der Waals surface area contributed by atoms with E-state index in [1.165, 1.54) is 57.8 Å². The van der Waals surface area contributed by atoms with Gasteiger partial charge in [0, 0.05) is 6.54 Å². The van der Waals surface area contributed by atoms with Crippen LogP contribution in [0.2, 0.25) is 0 Å². The molecule has 2 aliphatic carbocycles. The molecular formula is C16H29N. The SMILES string of the molecule is CC1CCCC(C=C(CN)C2CCCCC2)C1. The minimum atomic E-state index is 0.801. The van der Waals surface area contributed by atoms with E-state index >= 15 is 0 Å². The number of hydrogen-bond acceptors (Lipinski definition) is 1. The molecule has 2 atom stereocenters. The summed E-state index contributed by atoms with van der Waals surface area (Å²) in [7, 11) is 0. The summed E-state index contributed by atoms with van der Waals surface area (Å²) >= 11 is 0. The maximum atomic E-state index is 5.99. The Balaban J connectivity index is 1.95. The van der Waals surface area contributed by atoms with Crippen molar-refractivity contribution in [1.29, 1.82) is 0 Å². The van der Waals surface area contributed by atoms with Gasteiger partial charge in [0.2, 0.25) is 0 Å². The Morgan fingerprint density at radius 3 is 2.47 bits per heavy atom. The Hall–Kier alpha value is -0.300. The summed E-state index contributed by atoms with van der Waals surface area (Å²) in [5, 5.41) is 0. The molecule has 0 heterocycles. The molecule has 0 aromatic carbocycles. The highest BCUT2D eigenvalue weighted by molar-refractivity contribution is 5.11. The van der Waals surface area contributed by atoms with Gasteiger partial charge in [-0.3, -0.25) is 0 Å². The molecule has 0 aromatic rings. The van der Waals surface area contributed by atoms with Crippen LogP contribution >= 0.6 is 0 Å². The van der Waals surface area contributed by atoms with Gasteiger partial charge in [-0.25, -0.2) is 0 Å². The first-order valence-electron chi connectivity index (χ1n) is 7.70. The molecule has 0 aromatic heterocycles. The molecule has 0 saturated heterocycles. The largest absolute Gasteiger partial charge is 0.327 e. The highest BCUT2D eigenvalue weighted by Gasteiger charge is 2.21. The topological polar surface area (TPSA) is 26.0 Å². The van der Waals surface area contributed by atoms with E-state index in [2.05, 4.69) is 13.0 Å². The van der Waals surface area contributed by atoms with Gasteiger partial charge >= 0.3 is 0 Å². The highest BCUT2D eigenvalue weighted by Crippen LogP contribution is 2.34. The second-order valence-corrected chi connectivity index (χ2v) is 6.31. The lowest BCUT2D eigenvalue weighted by Crippen LogP contribution is -2.19. The van der Waals surface area contributed by atoms with Crippen LogP contribution in [0.25, 0.3) is 0 Å². The molecule has 2 aliphatic rings. The molecular weight excluding hydrogens is 206 g/mol. The van der Waals surface area contributed by atoms with Crippen LogP contribution < -0.4 is 5.73 Å². The van der Waals surface area contributed by atoms with E-state index in [0.29, 0.717) is 0 Å². The number of rotatable bonds is 3. The second-order valence-electron chi connectivity index (χ2n) is 6.31. The van der Waals surface area contributed by atoms with Crippen molar-refractivity contribution >= 4 is 0 Å². The fourth-order valence-electron chi connectivity index (χ4n) is 3.78. The zero-order chi connectivity index (χ0) is 12.1. The number of allylic oxidation sites excluding steroid dienone is 1. The van der Waals surface area contributed by atoms with Crippen molar-refractivity contribution < 1.29 is 0 Å². The maximum absolute atomic E-state index is 5.99. The van der Waals surface area contributed by atoms with E-state index in [1.807, 2.05) is 0 Å². The first-order valence-corrected chi connectivity index (χ1v) is 7.70. The van der Waals surface area contributed by atoms with Crippen LogP contribution in [0.3, 0.4) is 0 Å². The lowest BCUT2D eigenvalue weighted by molar-refractivity contribution is 0.320. The van der Waals surface area contributed by atoms with Crippen LogP contribution in [-0.2, 0) is 0 Å². The summed E-state index contributed by atoms with van der Waals surface area (Å²) in [4.78, 5) is 0. The predicted octanol–water partition coefficient (Wildman–Crippen LogP) is 4.28. The van der Waals surface area contributed by atoms with Gasteiger partial charge in [-0.2, -0.15) is 0 Å². The molecule has 2 N–H and O–H groups in total.